The minimum atomic E-state index is -3.57. The summed E-state index contributed by atoms with van der Waals surface area (Å²) in [7, 11) is -3.57. The normalized spacial score (nSPS) is 18.5. The largest absolute Gasteiger partial charge is 0.378 e. The SMILES string of the molecule is O=S(=O)(c1cccc2ccccc12)N1CCN(c2ccnc(N3CCOCC3)n2)CC1. The quantitative estimate of drug-likeness (QED) is 0.615. The van der Waals surface area contributed by atoms with E-state index in [0.29, 0.717) is 50.2 Å². The molecule has 9 heteroatoms. The molecular weight excluding hydrogens is 414 g/mol. The molecule has 3 heterocycles. The topological polar surface area (TPSA) is 78.9 Å². The molecule has 0 radical (unpaired) electrons. The summed E-state index contributed by atoms with van der Waals surface area (Å²) < 4.78 is 33.7. The highest BCUT2D eigenvalue weighted by molar-refractivity contribution is 7.89. The molecule has 2 aromatic carbocycles. The van der Waals surface area contributed by atoms with Gasteiger partial charge in [-0.3, -0.25) is 0 Å². The summed E-state index contributed by atoms with van der Waals surface area (Å²) in [4.78, 5) is 13.7. The summed E-state index contributed by atoms with van der Waals surface area (Å²) in [6.07, 6.45) is 1.77. The van der Waals surface area contributed by atoms with E-state index in [0.717, 1.165) is 29.7 Å². The molecule has 2 fully saturated rings. The smallest absolute Gasteiger partial charge is 0.243 e. The summed E-state index contributed by atoms with van der Waals surface area (Å²) in [5.41, 5.74) is 0. The monoisotopic (exact) mass is 439 g/mol. The maximum absolute atomic E-state index is 13.4. The van der Waals surface area contributed by atoms with Crippen molar-refractivity contribution in [2.24, 2.45) is 0 Å². The van der Waals surface area contributed by atoms with Crippen LogP contribution in [0.5, 0.6) is 0 Å². The molecule has 0 aliphatic carbocycles. The fourth-order valence-electron chi connectivity index (χ4n) is 4.15. The number of piperazine rings is 1. The van der Waals surface area contributed by atoms with Crippen LogP contribution in [-0.4, -0.2) is 75.2 Å². The molecule has 0 spiro atoms. The molecule has 162 valence electrons. The van der Waals surface area contributed by atoms with E-state index in [1.165, 1.54) is 0 Å². The highest BCUT2D eigenvalue weighted by atomic mass is 32.2. The second kappa shape index (κ2) is 8.41. The van der Waals surface area contributed by atoms with Gasteiger partial charge in [-0.05, 0) is 17.5 Å². The zero-order valence-corrected chi connectivity index (χ0v) is 18.0. The Labute approximate surface area is 182 Å². The average molecular weight is 440 g/mol. The van der Waals surface area contributed by atoms with Crippen LogP contribution in [0.15, 0.2) is 59.6 Å². The first-order valence-corrected chi connectivity index (χ1v) is 12.0. The zero-order valence-electron chi connectivity index (χ0n) is 17.2. The van der Waals surface area contributed by atoms with E-state index in [4.69, 9.17) is 9.72 Å². The average Bonchev–Trinajstić information content (AvgIpc) is 2.84. The number of sulfonamides is 1. The summed E-state index contributed by atoms with van der Waals surface area (Å²) in [6, 6.07) is 14.9. The molecule has 0 atom stereocenters. The Morgan fingerprint density at radius 2 is 1.55 bits per heavy atom. The van der Waals surface area contributed by atoms with Crippen molar-refractivity contribution in [1.29, 1.82) is 0 Å². The first-order chi connectivity index (χ1) is 15.1. The molecule has 2 saturated heterocycles. The van der Waals surface area contributed by atoms with Crippen LogP contribution in [0, 0.1) is 0 Å². The molecule has 2 aliphatic heterocycles. The van der Waals surface area contributed by atoms with Crippen LogP contribution in [-0.2, 0) is 14.8 Å². The second-order valence-corrected chi connectivity index (χ2v) is 9.59. The van der Waals surface area contributed by atoms with Gasteiger partial charge in [0.15, 0.2) is 0 Å². The number of ether oxygens (including phenoxy) is 1. The van der Waals surface area contributed by atoms with E-state index in [9.17, 15) is 8.42 Å². The number of anilines is 2. The third-order valence-corrected chi connectivity index (χ3v) is 7.81. The van der Waals surface area contributed by atoms with Gasteiger partial charge in [0.05, 0.1) is 18.1 Å². The summed E-state index contributed by atoms with van der Waals surface area (Å²) >= 11 is 0. The maximum atomic E-state index is 13.4. The molecular formula is C22H25N5O3S. The number of hydrogen-bond donors (Lipinski definition) is 0. The molecule has 0 N–H and O–H groups in total. The van der Waals surface area contributed by atoms with Gasteiger partial charge in [0.25, 0.3) is 0 Å². The van der Waals surface area contributed by atoms with Crippen molar-refractivity contribution in [2.45, 2.75) is 4.90 Å². The molecule has 8 nitrogen and oxygen atoms in total. The Bertz CT molecular complexity index is 1170. The van der Waals surface area contributed by atoms with Crippen LogP contribution < -0.4 is 9.80 Å². The van der Waals surface area contributed by atoms with Gasteiger partial charge in [-0.1, -0.05) is 36.4 Å². The third kappa shape index (κ3) is 3.96. The maximum Gasteiger partial charge on any atom is 0.243 e. The van der Waals surface area contributed by atoms with Crippen molar-refractivity contribution in [2.75, 3.05) is 62.3 Å². The van der Waals surface area contributed by atoms with Crippen LogP contribution in [0.25, 0.3) is 10.8 Å². The Morgan fingerprint density at radius 1 is 0.806 bits per heavy atom. The first kappa shape index (κ1) is 20.2. The lowest BCUT2D eigenvalue weighted by Gasteiger charge is -2.35. The zero-order chi connectivity index (χ0) is 21.3. The lowest BCUT2D eigenvalue weighted by atomic mass is 10.1. The molecule has 31 heavy (non-hydrogen) atoms. The van der Waals surface area contributed by atoms with Crippen molar-refractivity contribution >= 4 is 32.6 Å². The number of aromatic nitrogens is 2. The van der Waals surface area contributed by atoms with E-state index in [1.807, 2.05) is 36.4 Å². The van der Waals surface area contributed by atoms with Gasteiger partial charge in [-0.25, -0.2) is 13.4 Å². The van der Waals surface area contributed by atoms with E-state index in [1.54, 1.807) is 22.6 Å². The molecule has 0 bridgehead atoms. The predicted octanol–water partition coefficient (Wildman–Crippen LogP) is 1.98. The number of hydrogen-bond acceptors (Lipinski definition) is 7. The standard InChI is InChI=1S/C22H25N5O3S/c28-31(29,20-7-3-5-18-4-1-2-6-19(18)20)27-12-10-25(11-13-27)21-8-9-23-22(24-21)26-14-16-30-17-15-26/h1-9H,10-17H2. The van der Waals surface area contributed by atoms with Gasteiger partial charge in [0.2, 0.25) is 16.0 Å². The first-order valence-electron chi connectivity index (χ1n) is 10.5. The van der Waals surface area contributed by atoms with Crippen molar-refractivity contribution in [1.82, 2.24) is 14.3 Å². The van der Waals surface area contributed by atoms with Crippen molar-refractivity contribution in [3.8, 4) is 0 Å². The Kier molecular flexibility index (Phi) is 5.47. The van der Waals surface area contributed by atoms with E-state index in [-0.39, 0.29) is 0 Å². The summed E-state index contributed by atoms with van der Waals surface area (Å²) in [5.74, 6) is 1.53. The minimum Gasteiger partial charge on any atom is -0.378 e. The van der Waals surface area contributed by atoms with Crippen LogP contribution in [0.1, 0.15) is 0 Å². The second-order valence-electron chi connectivity index (χ2n) is 7.68. The van der Waals surface area contributed by atoms with Gasteiger partial charge in [0.1, 0.15) is 5.82 Å². The number of fused-ring (bicyclic) bond motifs is 1. The number of rotatable bonds is 4. The molecule has 0 saturated carbocycles. The fraction of sp³-hybridized carbons (Fsp3) is 0.364. The van der Waals surface area contributed by atoms with Crippen LogP contribution >= 0.6 is 0 Å². The van der Waals surface area contributed by atoms with Gasteiger partial charge < -0.3 is 14.5 Å². The van der Waals surface area contributed by atoms with Crippen LogP contribution in [0.3, 0.4) is 0 Å². The van der Waals surface area contributed by atoms with Crippen LogP contribution in [0.2, 0.25) is 0 Å². The van der Waals surface area contributed by atoms with E-state index >= 15 is 0 Å². The number of morpholine rings is 1. The van der Waals surface area contributed by atoms with Crippen LogP contribution in [0.4, 0.5) is 11.8 Å². The molecule has 0 amide bonds. The molecule has 5 rings (SSSR count). The fourth-order valence-corrected chi connectivity index (χ4v) is 5.78. The Morgan fingerprint density at radius 3 is 2.35 bits per heavy atom. The Hall–Kier alpha value is -2.75. The predicted molar refractivity (Wildman–Crippen MR) is 120 cm³/mol. The summed E-state index contributed by atoms with van der Waals surface area (Å²) in [5, 5.41) is 1.69. The minimum absolute atomic E-state index is 0.371. The van der Waals surface area contributed by atoms with Crippen molar-refractivity contribution in [3.63, 3.8) is 0 Å². The van der Waals surface area contributed by atoms with Crippen molar-refractivity contribution in [3.05, 3.63) is 54.7 Å². The number of benzene rings is 2. The third-order valence-electron chi connectivity index (χ3n) is 5.85. The van der Waals surface area contributed by atoms with Gasteiger partial charge in [0, 0.05) is 50.9 Å². The van der Waals surface area contributed by atoms with Gasteiger partial charge in [-0.15, -0.1) is 0 Å². The van der Waals surface area contributed by atoms with E-state index in [2.05, 4.69) is 14.8 Å². The van der Waals surface area contributed by atoms with Crippen molar-refractivity contribution < 1.29 is 13.2 Å². The van der Waals surface area contributed by atoms with Gasteiger partial charge in [-0.2, -0.15) is 9.29 Å². The highest BCUT2D eigenvalue weighted by Gasteiger charge is 2.30. The molecule has 3 aromatic rings. The number of nitrogens with zero attached hydrogens (tertiary/aromatic N) is 5. The summed E-state index contributed by atoms with van der Waals surface area (Å²) in [6.45, 7) is 4.93. The Balaban J connectivity index is 1.32. The molecule has 2 aliphatic rings. The molecule has 0 unspecified atom stereocenters. The lowest BCUT2D eigenvalue weighted by Crippen LogP contribution is -2.49. The van der Waals surface area contributed by atoms with E-state index < -0.39 is 10.0 Å². The molecule has 1 aromatic heterocycles. The lowest BCUT2D eigenvalue weighted by molar-refractivity contribution is 0.122. The highest BCUT2D eigenvalue weighted by Crippen LogP contribution is 2.27. The van der Waals surface area contributed by atoms with Gasteiger partial charge >= 0.3 is 0 Å².